The molecule has 0 spiro atoms. The predicted molar refractivity (Wildman–Crippen MR) is 82.4 cm³/mol. The van der Waals surface area contributed by atoms with Gasteiger partial charge in [0.2, 0.25) is 5.91 Å². The Bertz CT molecular complexity index is 500. The molecular weight excluding hydrogens is 262 g/mol. The molecule has 0 radical (unpaired) electrons. The highest BCUT2D eigenvalue weighted by Gasteiger charge is 2.44. The standard InChI is InChI=1S/C17H25N3O/c1-13-5-4-9-17(18,11-13)16(21)20(15-7-8-15)12-14-6-2-3-10-19-14/h2-3,6,10,13,15H,4-5,7-9,11-12,18H2,1H3. The van der Waals surface area contributed by atoms with E-state index in [2.05, 4.69) is 11.9 Å². The number of aromatic nitrogens is 1. The van der Waals surface area contributed by atoms with E-state index in [9.17, 15) is 4.79 Å². The van der Waals surface area contributed by atoms with Crippen LogP contribution in [0.25, 0.3) is 0 Å². The lowest BCUT2D eigenvalue weighted by Gasteiger charge is -2.39. The van der Waals surface area contributed by atoms with Crippen LogP contribution in [-0.2, 0) is 11.3 Å². The largest absolute Gasteiger partial charge is 0.332 e. The molecule has 0 bridgehead atoms. The van der Waals surface area contributed by atoms with Crippen LogP contribution in [0.4, 0.5) is 0 Å². The molecule has 0 aliphatic heterocycles. The molecular formula is C17H25N3O. The highest BCUT2D eigenvalue weighted by atomic mass is 16.2. The Morgan fingerprint density at radius 1 is 1.43 bits per heavy atom. The average molecular weight is 287 g/mol. The zero-order valence-electron chi connectivity index (χ0n) is 12.8. The number of amides is 1. The highest BCUT2D eigenvalue weighted by Crippen LogP contribution is 2.36. The third-order valence-corrected chi connectivity index (χ3v) is 4.77. The van der Waals surface area contributed by atoms with Crippen molar-refractivity contribution in [2.45, 2.75) is 63.6 Å². The van der Waals surface area contributed by atoms with Crippen LogP contribution < -0.4 is 5.73 Å². The van der Waals surface area contributed by atoms with Gasteiger partial charge in [0.1, 0.15) is 0 Å². The minimum atomic E-state index is -0.658. The van der Waals surface area contributed by atoms with Gasteiger partial charge in [0.05, 0.1) is 17.8 Å². The summed E-state index contributed by atoms with van der Waals surface area (Å²) in [6, 6.07) is 6.23. The van der Waals surface area contributed by atoms with E-state index in [0.29, 0.717) is 18.5 Å². The number of carbonyl (C=O) groups is 1. The van der Waals surface area contributed by atoms with Gasteiger partial charge in [0.25, 0.3) is 0 Å². The van der Waals surface area contributed by atoms with E-state index in [0.717, 1.165) is 37.8 Å². The molecule has 0 saturated heterocycles. The topological polar surface area (TPSA) is 59.2 Å². The molecule has 2 atom stereocenters. The van der Waals surface area contributed by atoms with Crippen LogP contribution in [0.1, 0.15) is 51.1 Å². The Kier molecular flexibility index (Phi) is 3.98. The number of carbonyl (C=O) groups excluding carboxylic acids is 1. The van der Waals surface area contributed by atoms with Gasteiger partial charge in [-0.3, -0.25) is 9.78 Å². The molecule has 114 valence electrons. The number of pyridine rings is 1. The molecule has 21 heavy (non-hydrogen) atoms. The van der Waals surface area contributed by atoms with Gasteiger partial charge in [-0.15, -0.1) is 0 Å². The monoisotopic (exact) mass is 287 g/mol. The van der Waals surface area contributed by atoms with Gasteiger partial charge < -0.3 is 10.6 Å². The van der Waals surface area contributed by atoms with Crippen molar-refractivity contribution in [1.29, 1.82) is 0 Å². The molecule has 0 aromatic carbocycles. The van der Waals surface area contributed by atoms with Crippen LogP contribution in [0.5, 0.6) is 0 Å². The second-order valence-electron chi connectivity index (χ2n) is 6.84. The molecule has 2 aliphatic carbocycles. The normalized spacial score (nSPS) is 29.1. The summed E-state index contributed by atoms with van der Waals surface area (Å²) in [5.41, 5.74) is 6.79. The summed E-state index contributed by atoms with van der Waals surface area (Å²) in [5.74, 6) is 0.686. The molecule has 3 rings (SSSR count). The maximum absolute atomic E-state index is 13.0. The third-order valence-electron chi connectivity index (χ3n) is 4.77. The summed E-state index contributed by atoms with van der Waals surface area (Å²) in [5, 5.41) is 0. The lowest BCUT2D eigenvalue weighted by molar-refractivity contribution is -0.140. The quantitative estimate of drug-likeness (QED) is 0.925. The van der Waals surface area contributed by atoms with Crippen molar-refractivity contribution in [1.82, 2.24) is 9.88 Å². The molecule has 2 unspecified atom stereocenters. The number of rotatable bonds is 4. The lowest BCUT2D eigenvalue weighted by atomic mass is 9.76. The molecule has 2 aliphatic rings. The molecule has 2 N–H and O–H groups in total. The van der Waals surface area contributed by atoms with E-state index in [1.54, 1.807) is 6.20 Å². The Hall–Kier alpha value is -1.42. The fourth-order valence-electron chi connectivity index (χ4n) is 3.49. The van der Waals surface area contributed by atoms with Crippen molar-refractivity contribution in [3.63, 3.8) is 0 Å². The summed E-state index contributed by atoms with van der Waals surface area (Å²) < 4.78 is 0. The predicted octanol–water partition coefficient (Wildman–Crippen LogP) is 2.48. The van der Waals surface area contributed by atoms with Crippen molar-refractivity contribution >= 4 is 5.91 Å². The molecule has 1 amide bonds. The first kappa shape index (κ1) is 14.5. The molecule has 1 heterocycles. The van der Waals surface area contributed by atoms with Crippen LogP contribution in [0, 0.1) is 5.92 Å². The van der Waals surface area contributed by atoms with Crippen LogP contribution in [-0.4, -0.2) is 27.4 Å². The van der Waals surface area contributed by atoms with Gasteiger partial charge in [-0.1, -0.05) is 25.8 Å². The summed E-state index contributed by atoms with van der Waals surface area (Å²) >= 11 is 0. The zero-order chi connectivity index (χ0) is 14.9. The van der Waals surface area contributed by atoms with Gasteiger partial charge in [0, 0.05) is 12.2 Å². The maximum Gasteiger partial charge on any atom is 0.243 e. The first-order chi connectivity index (χ1) is 10.1. The van der Waals surface area contributed by atoms with E-state index in [1.807, 2.05) is 23.1 Å². The van der Waals surface area contributed by atoms with E-state index in [1.165, 1.54) is 6.42 Å². The second kappa shape index (κ2) is 5.76. The van der Waals surface area contributed by atoms with Crippen molar-refractivity contribution in [2.24, 2.45) is 11.7 Å². The van der Waals surface area contributed by atoms with Gasteiger partial charge in [-0.25, -0.2) is 0 Å². The van der Waals surface area contributed by atoms with Crippen LogP contribution in [0.15, 0.2) is 24.4 Å². The number of hydrogen-bond acceptors (Lipinski definition) is 3. The molecule has 4 nitrogen and oxygen atoms in total. The lowest BCUT2D eigenvalue weighted by Crippen LogP contribution is -2.57. The molecule has 2 saturated carbocycles. The smallest absolute Gasteiger partial charge is 0.243 e. The molecule has 1 aromatic heterocycles. The van der Waals surface area contributed by atoms with Gasteiger partial charge >= 0.3 is 0 Å². The fraction of sp³-hybridized carbons (Fsp3) is 0.647. The number of nitrogens with two attached hydrogens (primary N) is 1. The molecule has 1 aromatic rings. The maximum atomic E-state index is 13.0. The zero-order valence-corrected chi connectivity index (χ0v) is 12.8. The van der Waals surface area contributed by atoms with E-state index >= 15 is 0 Å². The average Bonchev–Trinajstić information content (AvgIpc) is 3.29. The Balaban J connectivity index is 1.76. The number of nitrogens with zero attached hydrogens (tertiary/aromatic N) is 2. The van der Waals surface area contributed by atoms with Gasteiger partial charge in [0.15, 0.2) is 0 Å². The fourth-order valence-corrected chi connectivity index (χ4v) is 3.49. The highest BCUT2D eigenvalue weighted by molar-refractivity contribution is 5.86. The Morgan fingerprint density at radius 3 is 2.86 bits per heavy atom. The van der Waals surface area contributed by atoms with Gasteiger partial charge in [-0.2, -0.15) is 0 Å². The summed E-state index contributed by atoms with van der Waals surface area (Å²) in [6.45, 7) is 2.80. The van der Waals surface area contributed by atoms with Gasteiger partial charge in [-0.05, 0) is 43.7 Å². The Labute approximate surface area is 126 Å². The van der Waals surface area contributed by atoms with E-state index in [-0.39, 0.29) is 5.91 Å². The summed E-state index contributed by atoms with van der Waals surface area (Å²) in [6.07, 6.45) is 7.88. The van der Waals surface area contributed by atoms with Crippen LogP contribution >= 0.6 is 0 Å². The van der Waals surface area contributed by atoms with E-state index < -0.39 is 5.54 Å². The molecule has 4 heteroatoms. The summed E-state index contributed by atoms with van der Waals surface area (Å²) in [4.78, 5) is 19.4. The van der Waals surface area contributed by atoms with Crippen molar-refractivity contribution < 1.29 is 4.79 Å². The third kappa shape index (κ3) is 3.26. The van der Waals surface area contributed by atoms with Crippen LogP contribution in [0.3, 0.4) is 0 Å². The minimum absolute atomic E-state index is 0.141. The molecule has 2 fully saturated rings. The van der Waals surface area contributed by atoms with Crippen molar-refractivity contribution in [3.8, 4) is 0 Å². The second-order valence-corrected chi connectivity index (χ2v) is 6.84. The van der Waals surface area contributed by atoms with Crippen molar-refractivity contribution in [2.75, 3.05) is 0 Å². The first-order valence-corrected chi connectivity index (χ1v) is 8.08. The summed E-state index contributed by atoms with van der Waals surface area (Å²) in [7, 11) is 0. The number of hydrogen-bond donors (Lipinski definition) is 1. The van der Waals surface area contributed by atoms with Crippen molar-refractivity contribution in [3.05, 3.63) is 30.1 Å². The first-order valence-electron chi connectivity index (χ1n) is 8.08. The Morgan fingerprint density at radius 2 is 2.24 bits per heavy atom. The van der Waals surface area contributed by atoms with E-state index in [4.69, 9.17) is 5.73 Å². The SMILES string of the molecule is CC1CCCC(N)(C(=O)N(Cc2ccccn2)C2CC2)C1. The minimum Gasteiger partial charge on any atom is -0.332 e. The van der Waals surface area contributed by atoms with Crippen LogP contribution in [0.2, 0.25) is 0 Å².